The van der Waals surface area contributed by atoms with Crippen molar-refractivity contribution in [2.24, 2.45) is 11.5 Å². The van der Waals surface area contributed by atoms with Gasteiger partial charge in [0.05, 0.1) is 0 Å². The number of nitrogens with zero attached hydrogens (tertiary/aromatic N) is 1. The Balaban J connectivity index is 0.00000195. The number of fused-ring (bicyclic) bond motifs is 1. The van der Waals surface area contributed by atoms with Crippen LogP contribution in [-0.2, 0) is 13.1 Å². The van der Waals surface area contributed by atoms with Crippen LogP contribution in [0, 0.1) is 10.8 Å². The molecule has 0 saturated heterocycles. The Morgan fingerprint density at radius 3 is 2.18 bits per heavy atom. The molecule has 7 nitrogen and oxygen atoms in total. The van der Waals surface area contributed by atoms with Gasteiger partial charge >= 0.3 is 0 Å². The molecule has 4 aromatic rings. The fourth-order valence-corrected chi connectivity index (χ4v) is 4.41. The summed E-state index contributed by atoms with van der Waals surface area (Å²) < 4.78 is 2.04. The van der Waals surface area contributed by atoms with E-state index in [1.165, 1.54) is 5.56 Å². The van der Waals surface area contributed by atoms with E-state index >= 15 is 0 Å². The van der Waals surface area contributed by atoms with Gasteiger partial charge in [-0.2, -0.15) is 0 Å². The zero-order valence-corrected chi connectivity index (χ0v) is 22.6. The zero-order valence-electron chi connectivity index (χ0n) is 22.6. The lowest BCUT2D eigenvalue weighted by atomic mass is 9.95. The molecule has 1 unspecified atom stereocenters. The Morgan fingerprint density at radius 2 is 1.55 bits per heavy atom. The van der Waals surface area contributed by atoms with Crippen LogP contribution in [0.2, 0.25) is 0 Å². The Hall–Kier alpha value is -4.39. The van der Waals surface area contributed by atoms with E-state index in [4.69, 9.17) is 22.3 Å². The van der Waals surface area contributed by atoms with E-state index in [0.29, 0.717) is 35.8 Å². The van der Waals surface area contributed by atoms with E-state index in [2.05, 4.69) is 25.2 Å². The van der Waals surface area contributed by atoms with Crippen LogP contribution in [0.1, 0.15) is 78.3 Å². The zero-order chi connectivity index (χ0) is 27.8. The van der Waals surface area contributed by atoms with Gasteiger partial charge in [0.2, 0.25) is 0 Å². The molecule has 0 aliphatic heterocycles. The molecule has 1 atom stereocenters. The first kappa shape index (κ1) is 28.2. The Kier molecular flexibility index (Phi) is 9.44. The Bertz CT molecular complexity index is 1430. The van der Waals surface area contributed by atoms with E-state index < -0.39 is 0 Å². The van der Waals surface area contributed by atoms with E-state index in [1.807, 2.05) is 73.0 Å². The Labute approximate surface area is 224 Å². The number of benzene rings is 3. The summed E-state index contributed by atoms with van der Waals surface area (Å²) in [6, 6.07) is 23.1. The summed E-state index contributed by atoms with van der Waals surface area (Å²) in [7, 11) is 0. The number of amidine groups is 2. The highest BCUT2D eigenvalue weighted by Gasteiger charge is 2.19. The molecule has 1 amide bonds. The molecular weight excluding hydrogens is 472 g/mol. The van der Waals surface area contributed by atoms with Crippen LogP contribution >= 0.6 is 0 Å². The molecule has 0 aliphatic rings. The lowest BCUT2D eigenvalue weighted by Crippen LogP contribution is -2.25. The minimum atomic E-state index is -0.167. The molecule has 7 N–H and O–H groups in total. The summed E-state index contributed by atoms with van der Waals surface area (Å²) in [4.78, 5) is 13.5. The molecule has 0 saturated carbocycles. The highest BCUT2D eigenvalue weighted by atomic mass is 16.1. The largest absolute Gasteiger partial charge is 0.384 e. The molecule has 198 valence electrons. The summed E-state index contributed by atoms with van der Waals surface area (Å²) in [6.45, 7) is 9.20. The molecule has 0 aliphatic carbocycles. The van der Waals surface area contributed by atoms with Crippen molar-refractivity contribution in [3.05, 3.63) is 106 Å². The summed E-state index contributed by atoms with van der Waals surface area (Å²) in [5.74, 6) is 0.226. The van der Waals surface area contributed by atoms with Gasteiger partial charge in [-0.15, -0.1) is 0 Å². The van der Waals surface area contributed by atoms with Gasteiger partial charge in [0.15, 0.2) is 0 Å². The van der Waals surface area contributed by atoms with Crippen molar-refractivity contribution >= 4 is 28.5 Å². The minimum absolute atomic E-state index is 0.0149. The van der Waals surface area contributed by atoms with E-state index in [-0.39, 0.29) is 17.6 Å². The van der Waals surface area contributed by atoms with Crippen molar-refractivity contribution in [3.63, 3.8) is 0 Å². The molecule has 38 heavy (non-hydrogen) atoms. The average Bonchev–Trinajstić information content (AvgIpc) is 3.31. The molecule has 0 bridgehead atoms. The van der Waals surface area contributed by atoms with Crippen molar-refractivity contribution in [2.45, 2.75) is 53.1 Å². The number of aromatic nitrogens is 1. The first-order valence-corrected chi connectivity index (χ1v) is 13.1. The van der Waals surface area contributed by atoms with Gasteiger partial charge in [-0.1, -0.05) is 82.3 Å². The molecule has 0 radical (unpaired) electrons. The monoisotopic (exact) mass is 510 g/mol. The standard InChI is InChI=1S/C29H32N6O.C2H6/c1-3-18(2)23-8-5-9-25-24(23)15-26(35(25)17-20-6-4-7-22(14-20)28(32)33)29(36)34-16-19-10-12-21(13-11-19)27(30)31;1-2/h4-15,18H,3,16-17H2,1-2H3,(H3,30,31)(H3,32,33)(H,34,36);1-2H3. The third kappa shape index (κ3) is 6.29. The van der Waals surface area contributed by atoms with Crippen LogP contribution in [0.3, 0.4) is 0 Å². The van der Waals surface area contributed by atoms with E-state index in [1.54, 1.807) is 12.1 Å². The summed E-state index contributed by atoms with van der Waals surface area (Å²) in [6.07, 6.45) is 1.00. The van der Waals surface area contributed by atoms with Crippen molar-refractivity contribution < 1.29 is 4.79 Å². The van der Waals surface area contributed by atoms with Gasteiger partial charge in [0.1, 0.15) is 17.4 Å². The molecule has 7 heteroatoms. The normalized spacial score (nSPS) is 11.4. The SMILES string of the molecule is CC.CCC(C)c1cccc2c1cc(C(=O)NCc1ccc(C(=N)N)cc1)n2Cc1cccc(C(=N)N)c1. The number of rotatable bonds is 9. The van der Waals surface area contributed by atoms with Gasteiger partial charge in [0.25, 0.3) is 5.91 Å². The van der Waals surface area contributed by atoms with Gasteiger partial charge in [-0.25, -0.2) is 0 Å². The number of carbonyl (C=O) groups is 1. The predicted molar refractivity (Wildman–Crippen MR) is 157 cm³/mol. The first-order valence-electron chi connectivity index (χ1n) is 13.1. The molecule has 1 aromatic heterocycles. The van der Waals surface area contributed by atoms with Gasteiger partial charge in [-0.3, -0.25) is 15.6 Å². The molecule has 4 rings (SSSR count). The molecule has 0 spiro atoms. The number of hydrogen-bond donors (Lipinski definition) is 5. The maximum absolute atomic E-state index is 13.5. The van der Waals surface area contributed by atoms with Crippen LogP contribution in [0.25, 0.3) is 10.9 Å². The number of carbonyl (C=O) groups excluding carboxylic acids is 1. The lowest BCUT2D eigenvalue weighted by molar-refractivity contribution is 0.0942. The highest BCUT2D eigenvalue weighted by Crippen LogP contribution is 2.31. The second kappa shape index (κ2) is 12.7. The quantitative estimate of drug-likeness (QED) is 0.145. The van der Waals surface area contributed by atoms with E-state index in [9.17, 15) is 4.79 Å². The fraction of sp³-hybridized carbons (Fsp3) is 0.258. The van der Waals surface area contributed by atoms with Crippen LogP contribution in [-0.4, -0.2) is 22.1 Å². The molecule has 3 aromatic carbocycles. The lowest BCUT2D eigenvalue weighted by Gasteiger charge is -2.14. The van der Waals surface area contributed by atoms with Crippen LogP contribution in [0.4, 0.5) is 0 Å². The third-order valence-electron chi connectivity index (χ3n) is 6.65. The number of amides is 1. The minimum Gasteiger partial charge on any atom is -0.384 e. The van der Waals surface area contributed by atoms with Crippen molar-refractivity contribution in [2.75, 3.05) is 0 Å². The molecular formula is C31H38N6O. The van der Waals surface area contributed by atoms with Crippen molar-refractivity contribution in [3.8, 4) is 0 Å². The summed E-state index contributed by atoms with van der Waals surface area (Å²) in [5, 5.41) is 19.4. The van der Waals surface area contributed by atoms with Crippen LogP contribution < -0.4 is 16.8 Å². The van der Waals surface area contributed by atoms with Crippen LogP contribution in [0.15, 0.2) is 72.8 Å². The number of nitrogens with one attached hydrogen (secondary N) is 3. The average molecular weight is 511 g/mol. The van der Waals surface area contributed by atoms with Crippen molar-refractivity contribution in [1.29, 1.82) is 10.8 Å². The maximum atomic E-state index is 13.5. The smallest absolute Gasteiger partial charge is 0.268 e. The summed E-state index contributed by atoms with van der Waals surface area (Å²) >= 11 is 0. The number of nitrogen functional groups attached to an aromatic ring is 2. The predicted octanol–water partition coefficient (Wildman–Crippen LogP) is 5.73. The third-order valence-corrected chi connectivity index (χ3v) is 6.65. The van der Waals surface area contributed by atoms with Crippen LogP contribution in [0.5, 0.6) is 0 Å². The van der Waals surface area contributed by atoms with Crippen molar-refractivity contribution in [1.82, 2.24) is 9.88 Å². The topological polar surface area (TPSA) is 134 Å². The molecule has 1 heterocycles. The number of hydrogen-bond acceptors (Lipinski definition) is 3. The van der Waals surface area contributed by atoms with E-state index in [0.717, 1.165) is 28.5 Å². The second-order valence-electron chi connectivity index (χ2n) is 9.11. The second-order valence-corrected chi connectivity index (χ2v) is 9.11. The maximum Gasteiger partial charge on any atom is 0.268 e. The Morgan fingerprint density at radius 1 is 0.895 bits per heavy atom. The highest BCUT2D eigenvalue weighted by molar-refractivity contribution is 6.00. The fourth-order valence-electron chi connectivity index (χ4n) is 4.41. The number of nitrogens with two attached hydrogens (primary N) is 2. The van der Waals surface area contributed by atoms with Gasteiger partial charge in [-0.05, 0) is 47.2 Å². The molecule has 0 fully saturated rings. The summed E-state index contributed by atoms with van der Waals surface area (Å²) in [5.41, 5.74) is 17.2. The first-order chi connectivity index (χ1) is 18.3. The van der Waals surface area contributed by atoms with Gasteiger partial charge in [0, 0.05) is 35.1 Å². The van der Waals surface area contributed by atoms with Gasteiger partial charge < -0.3 is 21.4 Å².